The van der Waals surface area contributed by atoms with Gasteiger partial charge in [0.1, 0.15) is 11.5 Å². The van der Waals surface area contributed by atoms with Crippen LogP contribution in [0.2, 0.25) is 5.02 Å². The first-order valence-electron chi connectivity index (χ1n) is 3.81. The Balaban J connectivity index is 2.75. The number of anilines is 1. The second kappa shape index (κ2) is 4.14. The van der Waals surface area contributed by atoms with Crippen molar-refractivity contribution in [3.63, 3.8) is 0 Å². The van der Waals surface area contributed by atoms with Gasteiger partial charge in [-0.15, -0.1) is 0 Å². The molecule has 4 heteroatoms. The van der Waals surface area contributed by atoms with Crippen molar-refractivity contribution < 1.29 is 9.90 Å². The second-order valence-corrected chi connectivity index (χ2v) is 3.15. The Morgan fingerprint density at radius 2 is 2.31 bits per heavy atom. The summed E-state index contributed by atoms with van der Waals surface area (Å²) in [5.74, 6) is 0.0880. The SMILES string of the molecule is CC(=O)CNc1cc(Cl)ccc1O. The van der Waals surface area contributed by atoms with Gasteiger partial charge in [0, 0.05) is 5.02 Å². The summed E-state index contributed by atoms with van der Waals surface area (Å²) in [6.45, 7) is 1.66. The summed E-state index contributed by atoms with van der Waals surface area (Å²) in [4.78, 5) is 10.6. The summed E-state index contributed by atoms with van der Waals surface area (Å²) in [5, 5.41) is 12.6. The molecule has 3 nitrogen and oxygen atoms in total. The van der Waals surface area contributed by atoms with Crippen molar-refractivity contribution >= 4 is 23.1 Å². The van der Waals surface area contributed by atoms with Crippen LogP contribution in [-0.4, -0.2) is 17.4 Å². The average molecular weight is 200 g/mol. The van der Waals surface area contributed by atoms with E-state index in [-0.39, 0.29) is 18.1 Å². The monoisotopic (exact) mass is 199 g/mol. The van der Waals surface area contributed by atoms with Crippen LogP contribution in [0.15, 0.2) is 18.2 Å². The Hall–Kier alpha value is -1.22. The molecule has 0 aliphatic heterocycles. The normalized spacial score (nSPS) is 9.69. The molecule has 1 rings (SSSR count). The van der Waals surface area contributed by atoms with Gasteiger partial charge in [-0.2, -0.15) is 0 Å². The van der Waals surface area contributed by atoms with Gasteiger partial charge in [-0.1, -0.05) is 11.6 Å². The minimum Gasteiger partial charge on any atom is -0.506 e. The molecule has 0 spiro atoms. The summed E-state index contributed by atoms with van der Waals surface area (Å²) in [6.07, 6.45) is 0. The first-order chi connectivity index (χ1) is 6.09. The number of carbonyl (C=O) groups excluding carboxylic acids is 1. The van der Waals surface area contributed by atoms with Gasteiger partial charge in [0.15, 0.2) is 0 Å². The number of phenols is 1. The molecule has 0 bridgehead atoms. The van der Waals surface area contributed by atoms with Crippen molar-refractivity contribution in [3.05, 3.63) is 23.2 Å². The topological polar surface area (TPSA) is 49.3 Å². The number of ketones is 1. The van der Waals surface area contributed by atoms with E-state index in [0.717, 1.165) is 0 Å². The molecule has 0 aliphatic carbocycles. The number of aromatic hydroxyl groups is 1. The lowest BCUT2D eigenvalue weighted by Gasteiger charge is -2.06. The summed E-state index contributed by atoms with van der Waals surface area (Å²) in [6, 6.07) is 4.63. The fourth-order valence-corrected chi connectivity index (χ4v) is 1.04. The molecule has 0 aromatic heterocycles. The molecule has 0 radical (unpaired) electrons. The van der Waals surface area contributed by atoms with Gasteiger partial charge in [0.2, 0.25) is 0 Å². The quantitative estimate of drug-likeness (QED) is 0.733. The van der Waals surface area contributed by atoms with Crippen molar-refractivity contribution in [1.29, 1.82) is 0 Å². The zero-order valence-corrected chi connectivity index (χ0v) is 7.93. The lowest BCUT2D eigenvalue weighted by atomic mass is 10.3. The van der Waals surface area contributed by atoms with Gasteiger partial charge in [-0.05, 0) is 25.1 Å². The van der Waals surface area contributed by atoms with Crippen LogP contribution in [0.5, 0.6) is 5.75 Å². The van der Waals surface area contributed by atoms with Gasteiger partial charge in [0.05, 0.1) is 12.2 Å². The Morgan fingerprint density at radius 1 is 1.62 bits per heavy atom. The van der Waals surface area contributed by atoms with E-state index in [0.29, 0.717) is 10.7 Å². The van der Waals surface area contributed by atoms with Crippen LogP contribution in [0.25, 0.3) is 0 Å². The number of nitrogens with one attached hydrogen (secondary N) is 1. The zero-order chi connectivity index (χ0) is 9.84. The number of phenolic OH excluding ortho intramolecular Hbond substituents is 1. The largest absolute Gasteiger partial charge is 0.506 e. The van der Waals surface area contributed by atoms with Crippen LogP contribution in [0.4, 0.5) is 5.69 Å². The standard InChI is InChI=1S/C9H10ClNO2/c1-6(12)5-11-8-4-7(10)2-3-9(8)13/h2-4,11,13H,5H2,1H3. The van der Waals surface area contributed by atoms with Crippen molar-refractivity contribution in [2.24, 2.45) is 0 Å². The smallest absolute Gasteiger partial charge is 0.148 e. The third-order valence-corrected chi connectivity index (χ3v) is 1.72. The molecule has 2 N–H and O–H groups in total. The van der Waals surface area contributed by atoms with Crippen molar-refractivity contribution in [3.8, 4) is 5.75 Å². The fraction of sp³-hybridized carbons (Fsp3) is 0.222. The molecule has 0 heterocycles. The number of hydrogen-bond acceptors (Lipinski definition) is 3. The predicted molar refractivity (Wildman–Crippen MR) is 52.3 cm³/mol. The van der Waals surface area contributed by atoms with E-state index in [1.54, 1.807) is 12.1 Å². The zero-order valence-electron chi connectivity index (χ0n) is 7.17. The molecule has 0 unspecified atom stereocenters. The Morgan fingerprint density at radius 3 is 2.92 bits per heavy atom. The lowest BCUT2D eigenvalue weighted by Crippen LogP contribution is -2.09. The maximum atomic E-state index is 10.6. The van der Waals surface area contributed by atoms with Gasteiger partial charge in [-0.3, -0.25) is 4.79 Å². The molecule has 70 valence electrons. The third-order valence-electron chi connectivity index (χ3n) is 1.49. The van der Waals surface area contributed by atoms with E-state index >= 15 is 0 Å². The number of hydrogen-bond donors (Lipinski definition) is 2. The van der Waals surface area contributed by atoms with E-state index in [2.05, 4.69) is 5.32 Å². The minimum absolute atomic E-state index is 0.000578. The predicted octanol–water partition coefficient (Wildman–Crippen LogP) is 2.05. The average Bonchev–Trinajstić information content (AvgIpc) is 2.06. The summed E-state index contributed by atoms with van der Waals surface area (Å²) in [7, 11) is 0. The first kappa shape index (κ1) is 9.86. The molecular weight excluding hydrogens is 190 g/mol. The number of halogens is 1. The van der Waals surface area contributed by atoms with Crippen molar-refractivity contribution in [1.82, 2.24) is 0 Å². The number of carbonyl (C=O) groups is 1. The van der Waals surface area contributed by atoms with E-state index in [9.17, 15) is 9.90 Å². The lowest BCUT2D eigenvalue weighted by molar-refractivity contribution is -0.115. The Kier molecular flexibility index (Phi) is 3.14. The van der Waals surface area contributed by atoms with Gasteiger partial charge < -0.3 is 10.4 Å². The molecule has 0 amide bonds. The third kappa shape index (κ3) is 2.95. The van der Waals surface area contributed by atoms with E-state index in [4.69, 9.17) is 11.6 Å². The van der Waals surface area contributed by atoms with Crippen LogP contribution in [0.1, 0.15) is 6.92 Å². The summed E-state index contributed by atoms with van der Waals surface area (Å²) in [5.41, 5.74) is 0.475. The molecule has 13 heavy (non-hydrogen) atoms. The second-order valence-electron chi connectivity index (χ2n) is 2.72. The fourth-order valence-electron chi connectivity index (χ4n) is 0.870. The van der Waals surface area contributed by atoms with E-state index in [1.165, 1.54) is 13.0 Å². The van der Waals surface area contributed by atoms with Crippen LogP contribution >= 0.6 is 11.6 Å². The highest BCUT2D eigenvalue weighted by molar-refractivity contribution is 6.30. The molecule has 1 aromatic carbocycles. The van der Waals surface area contributed by atoms with Gasteiger partial charge >= 0.3 is 0 Å². The maximum absolute atomic E-state index is 10.6. The first-order valence-corrected chi connectivity index (χ1v) is 4.19. The van der Waals surface area contributed by atoms with E-state index in [1.807, 2.05) is 0 Å². The molecule has 1 aromatic rings. The van der Waals surface area contributed by atoms with Crippen LogP contribution in [0.3, 0.4) is 0 Å². The number of Topliss-reactive ketones (excluding diaryl/α,β-unsaturated/α-hetero) is 1. The molecule has 0 saturated heterocycles. The van der Waals surface area contributed by atoms with Crippen LogP contribution < -0.4 is 5.32 Å². The molecule has 0 saturated carbocycles. The molecule has 0 atom stereocenters. The van der Waals surface area contributed by atoms with Gasteiger partial charge in [-0.25, -0.2) is 0 Å². The highest BCUT2D eigenvalue weighted by Gasteiger charge is 2.01. The van der Waals surface area contributed by atoms with Crippen LogP contribution in [-0.2, 0) is 4.79 Å². The highest BCUT2D eigenvalue weighted by Crippen LogP contribution is 2.26. The highest BCUT2D eigenvalue weighted by atomic mass is 35.5. The maximum Gasteiger partial charge on any atom is 0.148 e. The molecule has 0 aliphatic rings. The van der Waals surface area contributed by atoms with Crippen molar-refractivity contribution in [2.45, 2.75) is 6.92 Å². The van der Waals surface area contributed by atoms with Gasteiger partial charge in [0.25, 0.3) is 0 Å². The number of benzene rings is 1. The van der Waals surface area contributed by atoms with Crippen molar-refractivity contribution in [2.75, 3.05) is 11.9 Å². The van der Waals surface area contributed by atoms with E-state index < -0.39 is 0 Å². The Bertz CT molecular complexity index is 325. The summed E-state index contributed by atoms with van der Waals surface area (Å²) < 4.78 is 0. The molecule has 0 fully saturated rings. The number of rotatable bonds is 3. The molecular formula is C9H10ClNO2. The summed E-state index contributed by atoms with van der Waals surface area (Å²) >= 11 is 5.70. The van der Waals surface area contributed by atoms with Crippen LogP contribution in [0, 0.1) is 0 Å². The minimum atomic E-state index is -0.000578. The Labute approximate surface area is 81.3 Å².